The fraction of sp³-hybridized carbons (Fsp3) is 0.647. The highest BCUT2D eigenvalue weighted by Crippen LogP contribution is 2.21. The summed E-state index contributed by atoms with van der Waals surface area (Å²) >= 11 is 0. The Morgan fingerprint density at radius 3 is 2.77 bits per heavy atom. The molecule has 1 atom stereocenters. The summed E-state index contributed by atoms with van der Waals surface area (Å²) in [6.45, 7) is 7.11. The van der Waals surface area contributed by atoms with Crippen LogP contribution in [0.3, 0.4) is 0 Å². The van der Waals surface area contributed by atoms with Crippen LogP contribution in [0.2, 0.25) is 0 Å². The van der Waals surface area contributed by atoms with Crippen molar-refractivity contribution in [3.8, 4) is 0 Å². The predicted octanol–water partition coefficient (Wildman–Crippen LogP) is 2.07. The van der Waals surface area contributed by atoms with E-state index in [1.165, 1.54) is 12.8 Å². The van der Waals surface area contributed by atoms with Crippen LogP contribution in [0, 0.1) is 11.8 Å². The number of piperidine rings is 1. The lowest BCUT2D eigenvalue weighted by molar-refractivity contribution is 0.0945. The van der Waals surface area contributed by atoms with Gasteiger partial charge in [0.2, 0.25) is 0 Å². The third kappa shape index (κ3) is 4.70. The van der Waals surface area contributed by atoms with Crippen LogP contribution in [0.1, 0.15) is 43.5 Å². The van der Waals surface area contributed by atoms with Gasteiger partial charge < -0.3 is 15.3 Å². The molecule has 1 saturated heterocycles. The Labute approximate surface area is 132 Å². The van der Waals surface area contributed by atoms with E-state index in [4.69, 9.17) is 5.11 Å². The highest BCUT2D eigenvalue weighted by molar-refractivity contribution is 5.94. The van der Waals surface area contributed by atoms with Gasteiger partial charge in [0.05, 0.1) is 5.56 Å². The molecule has 1 amide bonds. The average molecular weight is 305 g/mol. The van der Waals surface area contributed by atoms with Gasteiger partial charge in [-0.05, 0) is 43.2 Å². The van der Waals surface area contributed by atoms with Gasteiger partial charge in [0.15, 0.2) is 0 Å². The molecule has 0 spiro atoms. The number of hydrogen-bond donors (Lipinski definition) is 2. The van der Waals surface area contributed by atoms with Gasteiger partial charge in [-0.3, -0.25) is 4.79 Å². The van der Waals surface area contributed by atoms with Crippen molar-refractivity contribution in [1.29, 1.82) is 0 Å². The largest absolute Gasteiger partial charge is 0.396 e. The van der Waals surface area contributed by atoms with Crippen LogP contribution in [0.4, 0.5) is 5.82 Å². The molecular weight excluding hydrogens is 278 g/mol. The van der Waals surface area contributed by atoms with Crippen molar-refractivity contribution in [3.63, 3.8) is 0 Å². The Kier molecular flexibility index (Phi) is 6.19. The van der Waals surface area contributed by atoms with Gasteiger partial charge in [0, 0.05) is 32.4 Å². The number of amides is 1. The molecule has 1 aliphatic rings. The second kappa shape index (κ2) is 8.13. The van der Waals surface area contributed by atoms with Crippen LogP contribution < -0.4 is 10.2 Å². The molecule has 0 aromatic carbocycles. The number of anilines is 1. The summed E-state index contributed by atoms with van der Waals surface area (Å²) in [6, 6.07) is 3.77. The Balaban J connectivity index is 1.87. The molecule has 1 fully saturated rings. The first-order valence-corrected chi connectivity index (χ1v) is 8.20. The third-order valence-electron chi connectivity index (χ3n) is 4.35. The zero-order valence-corrected chi connectivity index (χ0v) is 13.6. The summed E-state index contributed by atoms with van der Waals surface area (Å²) in [5, 5.41) is 11.7. The topological polar surface area (TPSA) is 65.5 Å². The summed E-state index contributed by atoms with van der Waals surface area (Å²) < 4.78 is 0. The number of aliphatic hydroxyl groups is 1. The van der Waals surface area contributed by atoms with E-state index >= 15 is 0 Å². The number of aromatic nitrogens is 1. The first-order chi connectivity index (χ1) is 10.6. The number of nitrogens with zero attached hydrogens (tertiary/aromatic N) is 2. The minimum Gasteiger partial charge on any atom is -0.396 e. The molecule has 0 aliphatic carbocycles. The Hall–Kier alpha value is -1.62. The summed E-state index contributed by atoms with van der Waals surface area (Å²) in [6.07, 6.45) is 4.75. The molecule has 2 N–H and O–H groups in total. The van der Waals surface area contributed by atoms with Crippen molar-refractivity contribution >= 4 is 11.7 Å². The molecule has 2 heterocycles. The van der Waals surface area contributed by atoms with E-state index in [0.29, 0.717) is 18.5 Å². The number of carbonyl (C=O) groups is 1. The van der Waals surface area contributed by atoms with Crippen molar-refractivity contribution in [2.45, 2.75) is 33.1 Å². The highest BCUT2D eigenvalue weighted by Gasteiger charge is 2.17. The number of hydrogen-bond acceptors (Lipinski definition) is 4. The fourth-order valence-corrected chi connectivity index (χ4v) is 2.64. The van der Waals surface area contributed by atoms with Gasteiger partial charge in [-0.1, -0.05) is 13.8 Å². The standard InChI is InChI=1S/C17H27N3O2/c1-13-5-8-20(9-6-13)16-4-3-15(12-18-16)17(22)19-11-14(2)7-10-21/h3-4,12-14,21H,5-11H2,1-2H3,(H,19,22). The Bertz CT molecular complexity index is 467. The lowest BCUT2D eigenvalue weighted by Crippen LogP contribution is -2.33. The first-order valence-electron chi connectivity index (χ1n) is 8.20. The van der Waals surface area contributed by atoms with Gasteiger partial charge in [-0.15, -0.1) is 0 Å². The summed E-state index contributed by atoms with van der Waals surface area (Å²) in [5.41, 5.74) is 0.588. The average Bonchev–Trinajstić information content (AvgIpc) is 2.54. The Morgan fingerprint density at radius 1 is 1.45 bits per heavy atom. The second-order valence-corrected chi connectivity index (χ2v) is 6.40. The minimum absolute atomic E-state index is 0.101. The van der Waals surface area contributed by atoms with Crippen molar-refractivity contribution in [2.75, 3.05) is 31.1 Å². The molecule has 1 aromatic rings. The number of rotatable bonds is 6. The van der Waals surface area contributed by atoms with Crippen LogP contribution >= 0.6 is 0 Å². The summed E-state index contributed by atoms with van der Waals surface area (Å²) in [5.74, 6) is 1.92. The maximum Gasteiger partial charge on any atom is 0.252 e. The molecule has 122 valence electrons. The molecule has 5 nitrogen and oxygen atoms in total. The normalized spacial score (nSPS) is 17.3. The van der Waals surface area contributed by atoms with E-state index in [9.17, 15) is 4.79 Å². The van der Waals surface area contributed by atoms with Crippen molar-refractivity contribution in [2.24, 2.45) is 11.8 Å². The molecule has 5 heteroatoms. The van der Waals surface area contributed by atoms with Crippen LogP contribution in [0.15, 0.2) is 18.3 Å². The lowest BCUT2D eigenvalue weighted by Gasteiger charge is -2.31. The summed E-state index contributed by atoms with van der Waals surface area (Å²) in [4.78, 5) is 18.8. The monoisotopic (exact) mass is 305 g/mol. The van der Waals surface area contributed by atoms with Crippen LogP contribution in [0.25, 0.3) is 0 Å². The molecule has 1 unspecified atom stereocenters. The highest BCUT2D eigenvalue weighted by atomic mass is 16.3. The van der Waals surface area contributed by atoms with Crippen LogP contribution in [-0.4, -0.2) is 42.2 Å². The van der Waals surface area contributed by atoms with E-state index in [-0.39, 0.29) is 18.4 Å². The Morgan fingerprint density at radius 2 is 2.18 bits per heavy atom. The molecule has 0 radical (unpaired) electrons. The van der Waals surface area contributed by atoms with Gasteiger partial charge in [0.25, 0.3) is 5.91 Å². The quantitative estimate of drug-likeness (QED) is 0.844. The van der Waals surface area contributed by atoms with Crippen molar-refractivity contribution < 1.29 is 9.90 Å². The molecular formula is C17H27N3O2. The second-order valence-electron chi connectivity index (χ2n) is 6.40. The number of nitrogens with one attached hydrogen (secondary N) is 1. The van der Waals surface area contributed by atoms with Crippen LogP contribution in [0.5, 0.6) is 0 Å². The molecule has 2 rings (SSSR count). The molecule has 1 aromatic heterocycles. The zero-order chi connectivity index (χ0) is 15.9. The predicted molar refractivity (Wildman–Crippen MR) is 88.0 cm³/mol. The molecule has 22 heavy (non-hydrogen) atoms. The van der Waals surface area contributed by atoms with Gasteiger partial charge in [0.1, 0.15) is 5.82 Å². The van der Waals surface area contributed by atoms with E-state index < -0.39 is 0 Å². The molecule has 0 bridgehead atoms. The van der Waals surface area contributed by atoms with Crippen molar-refractivity contribution in [3.05, 3.63) is 23.9 Å². The first kappa shape index (κ1) is 16.7. The number of carbonyl (C=O) groups excluding carboxylic acids is 1. The van der Waals surface area contributed by atoms with Gasteiger partial charge in [-0.25, -0.2) is 4.98 Å². The maximum absolute atomic E-state index is 12.1. The SMILES string of the molecule is CC1CCN(c2ccc(C(=O)NCC(C)CCO)cn2)CC1. The van der Waals surface area contributed by atoms with E-state index in [1.807, 2.05) is 19.1 Å². The van der Waals surface area contributed by atoms with E-state index in [0.717, 1.165) is 24.8 Å². The third-order valence-corrected chi connectivity index (χ3v) is 4.35. The molecule has 1 aliphatic heterocycles. The lowest BCUT2D eigenvalue weighted by atomic mass is 9.99. The maximum atomic E-state index is 12.1. The zero-order valence-electron chi connectivity index (χ0n) is 13.6. The van der Waals surface area contributed by atoms with Crippen LogP contribution in [-0.2, 0) is 0 Å². The van der Waals surface area contributed by atoms with Crippen molar-refractivity contribution in [1.82, 2.24) is 10.3 Å². The summed E-state index contributed by atoms with van der Waals surface area (Å²) in [7, 11) is 0. The number of aliphatic hydroxyl groups excluding tert-OH is 1. The smallest absolute Gasteiger partial charge is 0.252 e. The van der Waals surface area contributed by atoms with E-state index in [2.05, 4.69) is 22.1 Å². The fourth-order valence-electron chi connectivity index (χ4n) is 2.64. The van der Waals surface area contributed by atoms with E-state index in [1.54, 1.807) is 6.20 Å². The number of pyridine rings is 1. The van der Waals surface area contributed by atoms with Gasteiger partial charge in [-0.2, -0.15) is 0 Å². The molecule has 0 saturated carbocycles. The van der Waals surface area contributed by atoms with Gasteiger partial charge >= 0.3 is 0 Å². The minimum atomic E-state index is -0.101.